The summed E-state index contributed by atoms with van der Waals surface area (Å²) in [4.78, 5) is 2.46. The highest BCUT2D eigenvalue weighted by molar-refractivity contribution is 5.46. The SMILES string of the molecule is CCN(CC1(C)CCCN1)c1ccccc1. The van der Waals surface area contributed by atoms with Gasteiger partial charge in [0.05, 0.1) is 0 Å². The zero-order valence-electron chi connectivity index (χ0n) is 10.4. The van der Waals surface area contributed by atoms with Crippen molar-refractivity contribution in [1.29, 1.82) is 0 Å². The van der Waals surface area contributed by atoms with E-state index in [1.807, 2.05) is 0 Å². The summed E-state index contributed by atoms with van der Waals surface area (Å²) in [6, 6.07) is 10.7. The number of hydrogen-bond acceptors (Lipinski definition) is 2. The monoisotopic (exact) mass is 218 g/mol. The molecule has 1 N–H and O–H groups in total. The second kappa shape index (κ2) is 4.88. The summed E-state index contributed by atoms with van der Waals surface area (Å²) >= 11 is 0. The molecule has 16 heavy (non-hydrogen) atoms. The second-order valence-corrected chi connectivity index (χ2v) is 4.94. The van der Waals surface area contributed by atoms with Crippen LogP contribution in [0.4, 0.5) is 5.69 Å². The van der Waals surface area contributed by atoms with Crippen LogP contribution < -0.4 is 10.2 Å². The molecule has 0 saturated carbocycles. The summed E-state index contributed by atoms with van der Waals surface area (Å²) in [6.07, 6.45) is 2.60. The number of likely N-dealkylation sites (N-methyl/N-ethyl adjacent to an activating group) is 1. The zero-order valence-corrected chi connectivity index (χ0v) is 10.4. The average Bonchev–Trinajstić information content (AvgIpc) is 2.74. The van der Waals surface area contributed by atoms with E-state index in [0.717, 1.165) is 13.1 Å². The molecule has 0 bridgehead atoms. The van der Waals surface area contributed by atoms with Crippen molar-refractivity contribution in [3.05, 3.63) is 30.3 Å². The lowest BCUT2D eigenvalue weighted by molar-refractivity contribution is 0.413. The van der Waals surface area contributed by atoms with E-state index < -0.39 is 0 Å². The van der Waals surface area contributed by atoms with Crippen molar-refractivity contribution in [2.75, 3.05) is 24.5 Å². The first-order valence-electron chi connectivity index (χ1n) is 6.28. The molecule has 1 aromatic carbocycles. The number of para-hydroxylation sites is 1. The van der Waals surface area contributed by atoms with Crippen LogP contribution in [-0.4, -0.2) is 25.2 Å². The first kappa shape index (κ1) is 11.5. The Balaban J connectivity index is 2.06. The lowest BCUT2D eigenvalue weighted by Gasteiger charge is -2.33. The molecule has 2 rings (SSSR count). The highest BCUT2D eigenvalue weighted by Crippen LogP contribution is 2.23. The van der Waals surface area contributed by atoms with E-state index >= 15 is 0 Å². The molecule has 2 nitrogen and oxygen atoms in total. The van der Waals surface area contributed by atoms with Crippen molar-refractivity contribution < 1.29 is 0 Å². The van der Waals surface area contributed by atoms with Gasteiger partial charge in [0, 0.05) is 24.3 Å². The number of anilines is 1. The highest BCUT2D eigenvalue weighted by atomic mass is 15.2. The van der Waals surface area contributed by atoms with Gasteiger partial charge in [-0.3, -0.25) is 0 Å². The minimum atomic E-state index is 0.297. The van der Waals surface area contributed by atoms with Gasteiger partial charge in [-0.25, -0.2) is 0 Å². The van der Waals surface area contributed by atoms with Crippen LogP contribution in [0.25, 0.3) is 0 Å². The molecule has 1 fully saturated rings. The van der Waals surface area contributed by atoms with Crippen LogP contribution >= 0.6 is 0 Å². The predicted molar refractivity (Wildman–Crippen MR) is 70.0 cm³/mol. The van der Waals surface area contributed by atoms with E-state index in [2.05, 4.69) is 54.4 Å². The Morgan fingerprint density at radius 3 is 2.62 bits per heavy atom. The van der Waals surface area contributed by atoms with E-state index in [1.165, 1.54) is 25.1 Å². The molecule has 0 aliphatic carbocycles. The van der Waals surface area contributed by atoms with Crippen molar-refractivity contribution >= 4 is 5.69 Å². The fraction of sp³-hybridized carbons (Fsp3) is 0.571. The molecule has 0 amide bonds. The van der Waals surface area contributed by atoms with Crippen molar-refractivity contribution in [1.82, 2.24) is 5.32 Å². The third-order valence-corrected chi connectivity index (χ3v) is 3.50. The molecule has 1 heterocycles. The van der Waals surface area contributed by atoms with Crippen molar-refractivity contribution in [2.45, 2.75) is 32.2 Å². The Morgan fingerprint density at radius 2 is 2.06 bits per heavy atom. The van der Waals surface area contributed by atoms with Gasteiger partial charge in [-0.2, -0.15) is 0 Å². The van der Waals surface area contributed by atoms with E-state index in [9.17, 15) is 0 Å². The number of nitrogens with zero attached hydrogens (tertiary/aromatic N) is 1. The first-order chi connectivity index (χ1) is 7.73. The third-order valence-electron chi connectivity index (χ3n) is 3.50. The summed E-state index contributed by atoms with van der Waals surface area (Å²) in [6.45, 7) is 7.91. The summed E-state index contributed by atoms with van der Waals surface area (Å²) in [7, 11) is 0. The second-order valence-electron chi connectivity index (χ2n) is 4.94. The largest absolute Gasteiger partial charge is 0.370 e. The van der Waals surface area contributed by atoms with Gasteiger partial charge in [0.25, 0.3) is 0 Å². The van der Waals surface area contributed by atoms with Crippen LogP contribution in [0, 0.1) is 0 Å². The van der Waals surface area contributed by atoms with Gasteiger partial charge < -0.3 is 10.2 Å². The van der Waals surface area contributed by atoms with Crippen molar-refractivity contribution in [3.8, 4) is 0 Å². The highest BCUT2D eigenvalue weighted by Gasteiger charge is 2.29. The number of benzene rings is 1. The van der Waals surface area contributed by atoms with Crippen LogP contribution in [0.15, 0.2) is 30.3 Å². The summed E-state index contributed by atoms with van der Waals surface area (Å²) in [5.41, 5.74) is 1.63. The Hall–Kier alpha value is -1.02. The van der Waals surface area contributed by atoms with E-state index in [4.69, 9.17) is 0 Å². The zero-order chi connectivity index (χ0) is 11.4. The first-order valence-corrected chi connectivity index (χ1v) is 6.28. The van der Waals surface area contributed by atoms with Crippen LogP contribution in [0.5, 0.6) is 0 Å². The van der Waals surface area contributed by atoms with E-state index in [-0.39, 0.29) is 0 Å². The molecular weight excluding hydrogens is 196 g/mol. The lowest BCUT2D eigenvalue weighted by atomic mass is 9.99. The molecule has 1 aliphatic rings. The molecule has 1 saturated heterocycles. The smallest absolute Gasteiger partial charge is 0.0366 e. The average molecular weight is 218 g/mol. The number of rotatable bonds is 4. The number of nitrogens with one attached hydrogen (secondary N) is 1. The third kappa shape index (κ3) is 2.56. The molecule has 0 spiro atoms. The Morgan fingerprint density at radius 1 is 1.31 bits per heavy atom. The molecule has 0 radical (unpaired) electrons. The van der Waals surface area contributed by atoms with Crippen LogP contribution in [-0.2, 0) is 0 Å². The molecule has 88 valence electrons. The topological polar surface area (TPSA) is 15.3 Å². The van der Waals surface area contributed by atoms with Crippen molar-refractivity contribution in [2.24, 2.45) is 0 Å². The number of hydrogen-bond donors (Lipinski definition) is 1. The molecule has 1 aliphatic heterocycles. The van der Waals surface area contributed by atoms with Gasteiger partial charge in [-0.15, -0.1) is 0 Å². The molecule has 1 aromatic rings. The fourth-order valence-corrected chi connectivity index (χ4v) is 2.54. The summed E-state index contributed by atoms with van der Waals surface area (Å²) in [5.74, 6) is 0. The van der Waals surface area contributed by atoms with E-state index in [1.54, 1.807) is 0 Å². The van der Waals surface area contributed by atoms with Gasteiger partial charge in [0.2, 0.25) is 0 Å². The predicted octanol–water partition coefficient (Wildman–Crippen LogP) is 2.66. The normalized spacial score (nSPS) is 24.6. The molecule has 1 atom stereocenters. The standard InChI is InChI=1S/C14H22N2/c1-3-16(13-8-5-4-6-9-13)12-14(2)10-7-11-15-14/h4-6,8-9,15H,3,7,10-12H2,1-2H3. The van der Waals surface area contributed by atoms with Gasteiger partial charge in [-0.1, -0.05) is 18.2 Å². The Kier molecular flexibility index (Phi) is 3.49. The van der Waals surface area contributed by atoms with Gasteiger partial charge in [0.1, 0.15) is 0 Å². The van der Waals surface area contributed by atoms with Crippen LogP contribution in [0.1, 0.15) is 26.7 Å². The van der Waals surface area contributed by atoms with Gasteiger partial charge in [-0.05, 0) is 45.4 Å². The minimum absolute atomic E-state index is 0.297. The lowest BCUT2D eigenvalue weighted by Crippen LogP contribution is -2.47. The Labute approximate surface area is 98.7 Å². The van der Waals surface area contributed by atoms with Gasteiger partial charge >= 0.3 is 0 Å². The molecule has 2 heteroatoms. The summed E-state index contributed by atoms with van der Waals surface area (Å²) < 4.78 is 0. The molecular formula is C14H22N2. The Bertz CT molecular complexity index is 315. The van der Waals surface area contributed by atoms with Crippen LogP contribution in [0.3, 0.4) is 0 Å². The maximum atomic E-state index is 3.63. The van der Waals surface area contributed by atoms with Gasteiger partial charge in [0.15, 0.2) is 0 Å². The fourth-order valence-electron chi connectivity index (χ4n) is 2.54. The maximum Gasteiger partial charge on any atom is 0.0366 e. The maximum absolute atomic E-state index is 3.63. The summed E-state index contributed by atoms with van der Waals surface area (Å²) in [5, 5.41) is 3.63. The minimum Gasteiger partial charge on any atom is -0.370 e. The molecule has 1 unspecified atom stereocenters. The van der Waals surface area contributed by atoms with Crippen molar-refractivity contribution in [3.63, 3.8) is 0 Å². The van der Waals surface area contributed by atoms with Crippen LogP contribution in [0.2, 0.25) is 0 Å². The van der Waals surface area contributed by atoms with E-state index in [0.29, 0.717) is 5.54 Å². The quantitative estimate of drug-likeness (QED) is 0.836. The molecule has 0 aromatic heterocycles.